The van der Waals surface area contributed by atoms with Crippen molar-refractivity contribution in [1.29, 1.82) is 0 Å². The molecular weight excluding hydrogens is 355 g/mol. The molecule has 0 saturated carbocycles. The van der Waals surface area contributed by atoms with E-state index in [1.165, 1.54) is 31.4 Å². The van der Waals surface area contributed by atoms with Gasteiger partial charge < -0.3 is 10.1 Å². The maximum atomic E-state index is 14.1. The number of hydrogen-bond donors (Lipinski definition) is 1. The smallest absolute Gasteiger partial charge is 0.229 e. The molecule has 3 aromatic carbocycles. The molecule has 0 radical (unpaired) electrons. The van der Waals surface area contributed by atoms with Gasteiger partial charge in [-0.3, -0.25) is 4.79 Å². The van der Waals surface area contributed by atoms with Crippen LogP contribution in [0.2, 0.25) is 0 Å². The van der Waals surface area contributed by atoms with E-state index < -0.39 is 23.4 Å². The molecule has 0 aliphatic carbocycles. The molecule has 1 N–H and O–H groups in total. The molecule has 0 fully saturated rings. The Morgan fingerprint density at radius 1 is 0.963 bits per heavy atom. The van der Waals surface area contributed by atoms with Crippen LogP contribution in [-0.2, 0) is 11.2 Å². The van der Waals surface area contributed by atoms with Crippen molar-refractivity contribution in [2.75, 3.05) is 12.4 Å². The van der Waals surface area contributed by atoms with E-state index >= 15 is 0 Å². The van der Waals surface area contributed by atoms with Gasteiger partial charge in [0.2, 0.25) is 5.91 Å². The standard InChI is InChI=1S/C21H16F3NO2/c1-27-20-9-6-13(16-8-7-15(22)12-18(16)24)10-14(20)11-21(26)25-19-5-3-2-4-17(19)23/h2-10,12H,11H2,1H3,(H,25,26). The molecule has 0 bridgehead atoms. The summed E-state index contributed by atoms with van der Waals surface area (Å²) in [4.78, 5) is 12.3. The van der Waals surface area contributed by atoms with Gasteiger partial charge in [0.05, 0.1) is 19.2 Å². The molecule has 0 aromatic heterocycles. The van der Waals surface area contributed by atoms with E-state index in [9.17, 15) is 18.0 Å². The molecule has 138 valence electrons. The minimum Gasteiger partial charge on any atom is -0.496 e. The van der Waals surface area contributed by atoms with Crippen LogP contribution in [0.3, 0.4) is 0 Å². The third kappa shape index (κ3) is 4.28. The number of para-hydroxylation sites is 1. The van der Waals surface area contributed by atoms with Gasteiger partial charge in [-0.05, 0) is 42.0 Å². The molecule has 3 aromatic rings. The molecule has 0 aliphatic heterocycles. The summed E-state index contributed by atoms with van der Waals surface area (Å²) in [7, 11) is 1.45. The van der Waals surface area contributed by atoms with E-state index in [4.69, 9.17) is 4.74 Å². The number of hydrogen-bond acceptors (Lipinski definition) is 2. The summed E-state index contributed by atoms with van der Waals surface area (Å²) < 4.78 is 46.1. The van der Waals surface area contributed by atoms with E-state index in [2.05, 4.69) is 5.32 Å². The first-order valence-corrected chi connectivity index (χ1v) is 8.14. The molecule has 27 heavy (non-hydrogen) atoms. The first-order valence-electron chi connectivity index (χ1n) is 8.14. The van der Waals surface area contributed by atoms with Crippen molar-refractivity contribution in [3.8, 4) is 16.9 Å². The van der Waals surface area contributed by atoms with Gasteiger partial charge in [-0.25, -0.2) is 13.2 Å². The summed E-state index contributed by atoms with van der Waals surface area (Å²) in [5, 5.41) is 2.49. The van der Waals surface area contributed by atoms with Crippen LogP contribution in [0.25, 0.3) is 11.1 Å². The fourth-order valence-corrected chi connectivity index (χ4v) is 2.74. The third-order valence-electron chi connectivity index (χ3n) is 4.02. The maximum Gasteiger partial charge on any atom is 0.229 e. The number of carbonyl (C=O) groups is 1. The fourth-order valence-electron chi connectivity index (χ4n) is 2.74. The van der Waals surface area contributed by atoms with Gasteiger partial charge in [-0.2, -0.15) is 0 Å². The molecular formula is C21H16F3NO2. The van der Waals surface area contributed by atoms with Crippen LogP contribution < -0.4 is 10.1 Å². The highest BCUT2D eigenvalue weighted by atomic mass is 19.1. The predicted octanol–water partition coefficient (Wildman–Crippen LogP) is 4.96. The molecule has 0 saturated heterocycles. The third-order valence-corrected chi connectivity index (χ3v) is 4.02. The topological polar surface area (TPSA) is 38.3 Å². The Morgan fingerprint density at radius 3 is 2.44 bits per heavy atom. The molecule has 0 spiro atoms. The van der Waals surface area contributed by atoms with Crippen LogP contribution in [0.5, 0.6) is 5.75 Å². The van der Waals surface area contributed by atoms with Gasteiger partial charge in [-0.1, -0.05) is 18.2 Å². The zero-order valence-corrected chi connectivity index (χ0v) is 14.4. The largest absolute Gasteiger partial charge is 0.496 e. The Labute approximate surface area is 154 Å². The van der Waals surface area contributed by atoms with E-state index in [-0.39, 0.29) is 17.7 Å². The second-order valence-corrected chi connectivity index (χ2v) is 5.86. The van der Waals surface area contributed by atoms with Gasteiger partial charge >= 0.3 is 0 Å². The van der Waals surface area contributed by atoms with E-state index in [0.717, 1.165) is 12.1 Å². The second kappa shape index (κ2) is 7.95. The number of rotatable bonds is 5. The van der Waals surface area contributed by atoms with Gasteiger partial charge in [-0.15, -0.1) is 0 Å². The van der Waals surface area contributed by atoms with Crippen molar-refractivity contribution in [3.63, 3.8) is 0 Å². The average Bonchev–Trinajstić information content (AvgIpc) is 2.63. The fraction of sp³-hybridized carbons (Fsp3) is 0.0952. The van der Waals surface area contributed by atoms with Crippen LogP contribution in [0.1, 0.15) is 5.56 Å². The Hall–Kier alpha value is -3.28. The van der Waals surface area contributed by atoms with Crippen LogP contribution in [0.4, 0.5) is 18.9 Å². The second-order valence-electron chi connectivity index (χ2n) is 5.86. The SMILES string of the molecule is COc1ccc(-c2ccc(F)cc2F)cc1CC(=O)Nc1ccccc1F. The molecule has 0 unspecified atom stereocenters. The van der Waals surface area contributed by atoms with E-state index in [1.807, 2.05) is 0 Å². The van der Waals surface area contributed by atoms with Gasteiger partial charge in [0.15, 0.2) is 0 Å². The predicted molar refractivity (Wildman–Crippen MR) is 97.1 cm³/mol. The molecule has 3 nitrogen and oxygen atoms in total. The van der Waals surface area contributed by atoms with Crippen molar-refractivity contribution >= 4 is 11.6 Å². The Bertz CT molecular complexity index is 989. The number of amides is 1. The summed E-state index contributed by atoms with van der Waals surface area (Å²) >= 11 is 0. The summed E-state index contributed by atoms with van der Waals surface area (Å²) in [5.74, 6) is -1.93. The highest BCUT2D eigenvalue weighted by Crippen LogP contribution is 2.29. The lowest BCUT2D eigenvalue weighted by Gasteiger charge is -2.12. The summed E-state index contributed by atoms with van der Waals surface area (Å²) in [6, 6.07) is 13.9. The van der Waals surface area contributed by atoms with Crippen molar-refractivity contribution in [1.82, 2.24) is 0 Å². The van der Waals surface area contributed by atoms with Gasteiger partial charge in [0, 0.05) is 17.2 Å². The number of anilines is 1. The molecule has 6 heteroatoms. The van der Waals surface area contributed by atoms with Crippen molar-refractivity contribution < 1.29 is 22.7 Å². The van der Waals surface area contributed by atoms with Crippen LogP contribution in [0.15, 0.2) is 60.7 Å². The van der Waals surface area contributed by atoms with E-state index in [0.29, 0.717) is 16.9 Å². The maximum absolute atomic E-state index is 14.1. The zero-order valence-electron chi connectivity index (χ0n) is 14.4. The quantitative estimate of drug-likeness (QED) is 0.688. The number of ether oxygens (including phenoxy) is 1. The highest BCUT2D eigenvalue weighted by Gasteiger charge is 2.14. The normalized spacial score (nSPS) is 10.5. The van der Waals surface area contributed by atoms with Crippen molar-refractivity contribution in [2.45, 2.75) is 6.42 Å². The van der Waals surface area contributed by atoms with Crippen LogP contribution >= 0.6 is 0 Å². The lowest BCUT2D eigenvalue weighted by Crippen LogP contribution is -2.15. The first kappa shape index (κ1) is 18.5. The molecule has 0 atom stereocenters. The van der Waals surface area contributed by atoms with Crippen LogP contribution in [0, 0.1) is 17.5 Å². The van der Waals surface area contributed by atoms with Crippen molar-refractivity contribution in [3.05, 3.63) is 83.7 Å². The Morgan fingerprint density at radius 2 is 1.74 bits per heavy atom. The molecule has 0 heterocycles. The van der Waals surface area contributed by atoms with E-state index in [1.54, 1.807) is 24.3 Å². The van der Waals surface area contributed by atoms with Crippen LogP contribution in [-0.4, -0.2) is 13.0 Å². The highest BCUT2D eigenvalue weighted by molar-refractivity contribution is 5.93. The number of benzene rings is 3. The number of carbonyl (C=O) groups excluding carboxylic acids is 1. The molecule has 3 rings (SSSR count). The Kier molecular flexibility index (Phi) is 5.45. The van der Waals surface area contributed by atoms with Gasteiger partial charge in [0.25, 0.3) is 0 Å². The number of methoxy groups -OCH3 is 1. The molecule has 0 aliphatic rings. The monoisotopic (exact) mass is 371 g/mol. The lowest BCUT2D eigenvalue weighted by atomic mass is 10.00. The summed E-state index contributed by atoms with van der Waals surface area (Å²) in [6.07, 6.45) is -0.103. The molecule has 1 amide bonds. The Balaban J connectivity index is 1.88. The summed E-state index contributed by atoms with van der Waals surface area (Å²) in [6.45, 7) is 0. The average molecular weight is 371 g/mol. The lowest BCUT2D eigenvalue weighted by molar-refractivity contribution is -0.115. The first-order chi connectivity index (χ1) is 13.0. The number of halogens is 3. The minimum atomic E-state index is -0.707. The number of nitrogens with one attached hydrogen (secondary N) is 1. The van der Waals surface area contributed by atoms with Gasteiger partial charge in [0.1, 0.15) is 23.2 Å². The van der Waals surface area contributed by atoms with Crippen molar-refractivity contribution in [2.24, 2.45) is 0 Å². The minimum absolute atomic E-state index is 0.0715. The zero-order chi connectivity index (χ0) is 19.4. The summed E-state index contributed by atoms with van der Waals surface area (Å²) in [5.41, 5.74) is 1.24.